The van der Waals surface area contributed by atoms with E-state index in [0.29, 0.717) is 12.1 Å². The van der Waals surface area contributed by atoms with Crippen LogP contribution in [0, 0.1) is 12.7 Å². The van der Waals surface area contributed by atoms with Crippen LogP contribution in [0.4, 0.5) is 17.6 Å². The Morgan fingerprint density at radius 2 is 1.80 bits per heavy atom. The molecule has 1 aromatic carbocycles. The molecule has 6 heteroatoms. The second-order valence-corrected chi connectivity index (χ2v) is 4.27. The second kappa shape index (κ2) is 5.03. The van der Waals surface area contributed by atoms with Crippen LogP contribution in [0.15, 0.2) is 36.7 Å². The van der Waals surface area contributed by atoms with Crippen LogP contribution < -0.4 is 0 Å². The minimum Gasteiger partial charge on any atom is -0.289 e. The molecule has 0 N–H and O–H groups in total. The molecule has 0 saturated carbocycles. The van der Waals surface area contributed by atoms with Crippen molar-refractivity contribution >= 4 is 5.78 Å². The lowest BCUT2D eigenvalue weighted by atomic mass is 10.0. The topological polar surface area (TPSA) is 30.0 Å². The van der Waals surface area contributed by atoms with Gasteiger partial charge in [-0.05, 0) is 30.7 Å². The van der Waals surface area contributed by atoms with E-state index >= 15 is 0 Å². The van der Waals surface area contributed by atoms with Gasteiger partial charge in [-0.1, -0.05) is 6.07 Å². The fourth-order valence-corrected chi connectivity index (χ4v) is 1.73. The Morgan fingerprint density at radius 3 is 2.35 bits per heavy atom. The molecule has 0 atom stereocenters. The number of rotatable bonds is 2. The van der Waals surface area contributed by atoms with Crippen molar-refractivity contribution in [3.05, 3.63) is 64.7 Å². The number of pyridine rings is 1. The first-order valence-electron chi connectivity index (χ1n) is 5.62. The van der Waals surface area contributed by atoms with E-state index < -0.39 is 23.3 Å². The van der Waals surface area contributed by atoms with Gasteiger partial charge in [-0.25, -0.2) is 4.39 Å². The van der Waals surface area contributed by atoms with Crippen molar-refractivity contribution in [1.82, 2.24) is 4.98 Å². The number of ketones is 1. The maximum atomic E-state index is 13.4. The van der Waals surface area contributed by atoms with Gasteiger partial charge in [0.15, 0.2) is 5.78 Å². The summed E-state index contributed by atoms with van der Waals surface area (Å²) in [5.74, 6) is -2.04. The monoisotopic (exact) mass is 283 g/mol. The molecule has 1 heterocycles. The number of carbonyl (C=O) groups is 1. The maximum absolute atomic E-state index is 13.4. The number of carbonyl (C=O) groups excluding carboxylic acids is 1. The number of benzene rings is 1. The Bertz CT molecular complexity index is 664. The van der Waals surface area contributed by atoms with Crippen LogP contribution in [-0.2, 0) is 6.18 Å². The molecular weight excluding hydrogens is 274 g/mol. The van der Waals surface area contributed by atoms with E-state index in [1.165, 1.54) is 18.5 Å². The highest BCUT2D eigenvalue weighted by Gasteiger charge is 2.34. The van der Waals surface area contributed by atoms with Crippen LogP contribution in [0.5, 0.6) is 0 Å². The van der Waals surface area contributed by atoms with Crippen LogP contribution in [-0.4, -0.2) is 10.8 Å². The molecule has 0 spiro atoms. The number of aromatic nitrogens is 1. The van der Waals surface area contributed by atoms with Crippen LogP contribution in [0.1, 0.15) is 27.0 Å². The van der Waals surface area contributed by atoms with Crippen molar-refractivity contribution in [3.8, 4) is 0 Å². The van der Waals surface area contributed by atoms with E-state index in [-0.39, 0.29) is 11.1 Å². The molecule has 0 unspecified atom stereocenters. The summed E-state index contributed by atoms with van der Waals surface area (Å²) >= 11 is 0. The van der Waals surface area contributed by atoms with Gasteiger partial charge < -0.3 is 0 Å². The van der Waals surface area contributed by atoms with E-state index in [1.54, 1.807) is 6.92 Å². The van der Waals surface area contributed by atoms with Gasteiger partial charge in [-0.2, -0.15) is 13.2 Å². The van der Waals surface area contributed by atoms with Gasteiger partial charge in [0.1, 0.15) is 5.82 Å². The smallest absolute Gasteiger partial charge is 0.289 e. The van der Waals surface area contributed by atoms with Crippen LogP contribution in [0.3, 0.4) is 0 Å². The van der Waals surface area contributed by atoms with E-state index in [2.05, 4.69) is 4.98 Å². The van der Waals surface area contributed by atoms with Gasteiger partial charge in [-0.15, -0.1) is 0 Å². The summed E-state index contributed by atoms with van der Waals surface area (Å²) in [7, 11) is 0. The van der Waals surface area contributed by atoms with Gasteiger partial charge in [0.2, 0.25) is 0 Å². The van der Waals surface area contributed by atoms with Gasteiger partial charge >= 0.3 is 6.18 Å². The molecular formula is C14H9F4NO. The number of alkyl halides is 3. The molecule has 2 aromatic rings. The van der Waals surface area contributed by atoms with Gasteiger partial charge in [-0.3, -0.25) is 9.78 Å². The first-order valence-corrected chi connectivity index (χ1v) is 5.62. The van der Waals surface area contributed by atoms with Crippen molar-refractivity contribution in [3.63, 3.8) is 0 Å². The average molecular weight is 283 g/mol. The third-order valence-corrected chi connectivity index (χ3v) is 2.67. The third kappa shape index (κ3) is 2.84. The molecule has 0 aliphatic heterocycles. The quantitative estimate of drug-likeness (QED) is 0.620. The summed E-state index contributed by atoms with van der Waals surface area (Å²) in [6.07, 6.45) is -1.97. The summed E-state index contributed by atoms with van der Waals surface area (Å²) in [4.78, 5) is 15.8. The lowest BCUT2D eigenvalue weighted by molar-refractivity contribution is -0.140. The highest BCUT2D eigenvalue weighted by atomic mass is 19.4. The van der Waals surface area contributed by atoms with E-state index in [9.17, 15) is 22.4 Å². The van der Waals surface area contributed by atoms with Crippen LogP contribution in [0.25, 0.3) is 0 Å². The maximum Gasteiger partial charge on any atom is 0.419 e. The molecule has 0 saturated heterocycles. The van der Waals surface area contributed by atoms with E-state index in [4.69, 9.17) is 0 Å². The Hall–Kier alpha value is -2.24. The molecule has 0 bridgehead atoms. The Morgan fingerprint density at radius 1 is 1.10 bits per heavy atom. The summed E-state index contributed by atoms with van der Waals surface area (Å²) < 4.78 is 50.7. The van der Waals surface area contributed by atoms with Crippen molar-refractivity contribution in [2.24, 2.45) is 0 Å². The Kier molecular flexibility index (Phi) is 3.57. The summed E-state index contributed by atoms with van der Waals surface area (Å²) in [5.41, 5.74) is -0.619. The molecule has 20 heavy (non-hydrogen) atoms. The number of halogens is 4. The highest BCUT2D eigenvalue weighted by molar-refractivity contribution is 6.08. The minimum atomic E-state index is -4.78. The molecule has 104 valence electrons. The number of nitrogens with zero attached hydrogens (tertiary/aromatic N) is 1. The van der Waals surface area contributed by atoms with Crippen molar-refractivity contribution in [1.29, 1.82) is 0 Å². The predicted octanol–water partition coefficient (Wildman–Crippen LogP) is 3.78. The molecule has 0 aliphatic carbocycles. The van der Waals surface area contributed by atoms with E-state index in [0.717, 1.165) is 11.6 Å². The predicted molar refractivity (Wildman–Crippen MR) is 63.8 cm³/mol. The number of hydrogen-bond donors (Lipinski definition) is 0. The summed E-state index contributed by atoms with van der Waals surface area (Å²) in [5, 5.41) is 0. The van der Waals surface area contributed by atoms with E-state index in [1.807, 2.05) is 0 Å². The number of hydrogen-bond acceptors (Lipinski definition) is 2. The lowest BCUT2D eigenvalue weighted by Crippen LogP contribution is -2.10. The normalized spacial score (nSPS) is 11.4. The Balaban J connectivity index is 2.40. The van der Waals surface area contributed by atoms with Crippen LogP contribution in [0.2, 0.25) is 0 Å². The van der Waals surface area contributed by atoms with Crippen molar-refractivity contribution < 1.29 is 22.4 Å². The Labute approximate surface area is 112 Å². The molecule has 2 rings (SSSR count). The van der Waals surface area contributed by atoms with Gasteiger partial charge in [0.25, 0.3) is 0 Å². The first kappa shape index (κ1) is 14.2. The van der Waals surface area contributed by atoms with Crippen LogP contribution >= 0.6 is 0 Å². The van der Waals surface area contributed by atoms with Gasteiger partial charge in [0.05, 0.1) is 5.56 Å². The minimum absolute atomic E-state index is 0.150. The molecule has 0 fully saturated rings. The molecule has 0 radical (unpaired) electrons. The fourth-order valence-electron chi connectivity index (χ4n) is 1.73. The number of aryl methyl sites for hydroxylation is 1. The van der Waals surface area contributed by atoms with Crippen molar-refractivity contribution in [2.75, 3.05) is 0 Å². The first-order chi connectivity index (χ1) is 9.29. The summed E-state index contributed by atoms with van der Waals surface area (Å²) in [6.45, 7) is 1.72. The molecule has 0 aliphatic rings. The fraction of sp³-hybridized carbons (Fsp3) is 0.143. The molecule has 2 nitrogen and oxygen atoms in total. The summed E-state index contributed by atoms with van der Waals surface area (Å²) in [6, 6.07) is 3.64. The highest BCUT2D eigenvalue weighted by Crippen LogP contribution is 2.31. The zero-order chi connectivity index (χ0) is 14.9. The largest absolute Gasteiger partial charge is 0.419 e. The zero-order valence-electron chi connectivity index (χ0n) is 10.3. The molecule has 0 amide bonds. The zero-order valence-corrected chi connectivity index (χ0v) is 10.3. The second-order valence-electron chi connectivity index (χ2n) is 4.27. The standard InChI is InChI=1S/C14H9F4NO/c1-8-4-10(7-19-6-8)13(20)9-2-3-11(12(15)5-9)14(16,17)18/h2-7H,1H3. The SMILES string of the molecule is Cc1cncc(C(=O)c2ccc(C(F)(F)F)c(F)c2)c1. The average Bonchev–Trinajstić information content (AvgIpc) is 2.36. The molecule has 1 aromatic heterocycles. The third-order valence-electron chi connectivity index (χ3n) is 2.67. The lowest BCUT2D eigenvalue weighted by Gasteiger charge is -2.09. The van der Waals surface area contributed by atoms with Gasteiger partial charge in [0, 0.05) is 23.5 Å². The van der Waals surface area contributed by atoms with Crippen molar-refractivity contribution in [2.45, 2.75) is 13.1 Å².